The molecule has 1 aromatic rings. The Morgan fingerprint density at radius 2 is 2.18 bits per heavy atom. The van der Waals surface area contributed by atoms with E-state index in [1.165, 1.54) is 6.33 Å². The van der Waals surface area contributed by atoms with Crippen LogP contribution in [0.2, 0.25) is 0 Å². The van der Waals surface area contributed by atoms with Crippen molar-refractivity contribution in [3.05, 3.63) is 18.7 Å². The van der Waals surface area contributed by atoms with Crippen molar-refractivity contribution >= 4 is 5.69 Å². The largest absolute Gasteiger partial charge is 0.392 e. The first-order valence-electron chi connectivity index (χ1n) is 3.46. The summed E-state index contributed by atoms with van der Waals surface area (Å²) < 4.78 is 0. The molecule has 0 spiro atoms. The van der Waals surface area contributed by atoms with Crippen LogP contribution in [0.4, 0.5) is 5.69 Å². The molecule has 0 aliphatic carbocycles. The number of hydrogen-bond donors (Lipinski definition) is 2. The first kappa shape index (κ1) is 7.94. The highest BCUT2D eigenvalue weighted by Gasteiger charge is 1.94. The molecule has 1 unspecified atom stereocenters. The molecule has 1 heterocycles. The molecule has 2 N–H and O–H groups in total. The first-order chi connectivity index (χ1) is 5.29. The predicted molar refractivity (Wildman–Crippen MR) is 42.2 cm³/mol. The SMILES string of the molecule is CC(O)CNc1cncnc1. The van der Waals surface area contributed by atoms with Crippen LogP contribution in [0.15, 0.2) is 18.7 Å². The second kappa shape index (κ2) is 3.88. The molecule has 0 bridgehead atoms. The Balaban J connectivity index is 2.39. The Morgan fingerprint density at radius 3 is 2.73 bits per heavy atom. The number of rotatable bonds is 3. The number of nitrogens with one attached hydrogen (secondary N) is 1. The van der Waals surface area contributed by atoms with Gasteiger partial charge in [-0.2, -0.15) is 0 Å². The number of nitrogens with zero attached hydrogens (tertiary/aromatic N) is 2. The van der Waals surface area contributed by atoms with Crippen LogP contribution in [-0.4, -0.2) is 27.7 Å². The summed E-state index contributed by atoms with van der Waals surface area (Å²) in [5.41, 5.74) is 0.827. The lowest BCUT2D eigenvalue weighted by atomic mass is 10.4. The summed E-state index contributed by atoms with van der Waals surface area (Å²) in [7, 11) is 0. The van der Waals surface area contributed by atoms with E-state index in [0.29, 0.717) is 6.54 Å². The van der Waals surface area contributed by atoms with Crippen molar-refractivity contribution < 1.29 is 5.11 Å². The summed E-state index contributed by atoms with van der Waals surface area (Å²) in [6, 6.07) is 0. The summed E-state index contributed by atoms with van der Waals surface area (Å²) >= 11 is 0. The van der Waals surface area contributed by atoms with Gasteiger partial charge in [-0.3, -0.25) is 0 Å². The predicted octanol–water partition coefficient (Wildman–Crippen LogP) is 0.269. The number of aliphatic hydroxyl groups is 1. The fourth-order valence-electron chi connectivity index (χ4n) is 0.656. The van der Waals surface area contributed by atoms with Crippen LogP contribution in [0, 0.1) is 0 Å². The van der Waals surface area contributed by atoms with Gasteiger partial charge in [0.2, 0.25) is 0 Å². The normalized spacial score (nSPS) is 12.5. The molecule has 0 aliphatic heterocycles. The summed E-state index contributed by atoms with van der Waals surface area (Å²) in [5.74, 6) is 0. The molecule has 1 atom stereocenters. The number of anilines is 1. The van der Waals surface area contributed by atoms with Crippen LogP contribution in [0.1, 0.15) is 6.92 Å². The molecule has 1 aromatic heterocycles. The van der Waals surface area contributed by atoms with E-state index in [1.54, 1.807) is 19.3 Å². The topological polar surface area (TPSA) is 58.0 Å². The fraction of sp³-hybridized carbons (Fsp3) is 0.429. The van der Waals surface area contributed by atoms with E-state index >= 15 is 0 Å². The van der Waals surface area contributed by atoms with E-state index in [0.717, 1.165) is 5.69 Å². The van der Waals surface area contributed by atoms with Gasteiger partial charge < -0.3 is 10.4 Å². The highest BCUT2D eigenvalue weighted by molar-refractivity contribution is 5.36. The Kier molecular flexibility index (Phi) is 2.80. The highest BCUT2D eigenvalue weighted by atomic mass is 16.3. The zero-order valence-corrected chi connectivity index (χ0v) is 6.36. The van der Waals surface area contributed by atoms with Crippen molar-refractivity contribution in [1.82, 2.24) is 9.97 Å². The lowest BCUT2D eigenvalue weighted by Gasteiger charge is -2.06. The van der Waals surface area contributed by atoms with Crippen molar-refractivity contribution in [3.8, 4) is 0 Å². The Hall–Kier alpha value is -1.16. The maximum atomic E-state index is 8.91. The van der Waals surface area contributed by atoms with E-state index in [1.807, 2.05) is 0 Å². The second-order valence-electron chi connectivity index (χ2n) is 2.36. The molecule has 0 saturated heterocycles. The summed E-state index contributed by atoms with van der Waals surface area (Å²) in [4.78, 5) is 7.61. The smallest absolute Gasteiger partial charge is 0.115 e. The maximum absolute atomic E-state index is 8.91. The third kappa shape index (κ3) is 2.95. The molecule has 0 aliphatic rings. The van der Waals surface area contributed by atoms with Crippen molar-refractivity contribution in [1.29, 1.82) is 0 Å². The van der Waals surface area contributed by atoms with E-state index in [9.17, 15) is 0 Å². The van der Waals surface area contributed by atoms with Crippen LogP contribution in [0.25, 0.3) is 0 Å². The Labute approximate surface area is 65.3 Å². The number of hydrogen-bond acceptors (Lipinski definition) is 4. The minimum atomic E-state index is -0.352. The van der Waals surface area contributed by atoms with Gasteiger partial charge in [-0.05, 0) is 6.92 Å². The van der Waals surface area contributed by atoms with Crippen LogP contribution in [0.5, 0.6) is 0 Å². The summed E-state index contributed by atoms with van der Waals surface area (Å²) in [5, 5.41) is 11.9. The third-order valence-electron chi connectivity index (χ3n) is 1.16. The first-order valence-corrected chi connectivity index (χ1v) is 3.46. The van der Waals surface area contributed by atoms with Gasteiger partial charge in [0.15, 0.2) is 0 Å². The molecule has 0 amide bonds. The lowest BCUT2D eigenvalue weighted by molar-refractivity contribution is 0.208. The monoisotopic (exact) mass is 153 g/mol. The molecular weight excluding hydrogens is 142 g/mol. The molecule has 1 rings (SSSR count). The van der Waals surface area contributed by atoms with Gasteiger partial charge in [0.25, 0.3) is 0 Å². The van der Waals surface area contributed by atoms with Gasteiger partial charge in [0, 0.05) is 6.54 Å². The van der Waals surface area contributed by atoms with E-state index in [4.69, 9.17) is 5.11 Å². The molecule has 0 radical (unpaired) electrons. The molecule has 4 nitrogen and oxygen atoms in total. The Bertz CT molecular complexity index is 200. The van der Waals surface area contributed by atoms with Gasteiger partial charge >= 0.3 is 0 Å². The average molecular weight is 153 g/mol. The minimum absolute atomic E-state index is 0.352. The third-order valence-corrected chi connectivity index (χ3v) is 1.16. The zero-order valence-electron chi connectivity index (χ0n) is 6.36. The standard InChI is InChI=1S/C7H11N3O/c1-6(11)2-10-7-3-8-5-9-4-7/h3-6,10-11H,2H2,1H3. The van der Waals surface area contributed by atoms with Crippen LogP contribution in [-0.2, 0) is 0 Å². The molecule has 4 heteroatoms. The molecular formula is C7H11N3O. The second-order valence-corrected chi connectivity index (χ2v) is 2.36. The van der Waals surface area contributed by atoms with Crippen molar-refractivity contribution in [3.63, 3.8) is 0 Å². The Morgan fingerprint density at radius 1 is 1.55 bits per heavy atom. The zero-order chi connectivity index (χ0) is 8.10. The van der Waals surface area contributed by atoms with E-state index in [2.05, 4.69) is 15.3 Å². The summed E-state index contributed by atoms with van der Waals surface area (Å²) in [6.45, 7) is 2.24. The quantitative estimate of drug-likeness (QED) is 0.654. The molecule has 0 fully saturated rings. The molecule has 11 heavy (non-hydrogen) atoms. The lowest BCUT2D eigenvalue weighted by Crippen LogP contribution is -2.15. The maximum Gasteiger partial charge on any atom is 0.115 e. The molecule has 0 saturated carbocycles. The van der Waals surface area contributed by atoms with E-state index in [-0.39, 0.29) is 6.10 Å². The van der Waals surface area contributed by atoms with Crippen LogP contribution < -0.4 is 5.32 Å². The molecule has 0 aromatic carbocycles. The van der Waals surface area contributed by atoms with Gasteiger partial charge in [-0.25, -0.2) is 9.97 Å². The van der Waals surface area contributed by atoms with E-state index < -0.39 is 0 Å². The summed E-state index contributed by atoms with van der Waals surface area (Å²) in [6.07, 6.45) is 4.44. The van der Waals surface area contributed by atoms with Gasteiger partial charge in [-0.1, -0.05) is 0 Å². The van der Waals surface area contributed by atoms with Gasteiger partial charge in [0.05, 0.1) is 24.2 Å². The van der Waals surface area contributed by atoms with Crippen molar-refractivity contribution in [2.75, 3.05) is 11.9 Å². The average Bonchev–Trinajstić information content (AvgIpc) is 2.03. The minimum Gasteiger partial charge on any atom is -0.392 e. The number of aromatic nitrogens is 2. The molecule has 60 valence electrons. The fourth-order valence-corrected chi connectivity index (χ4v) is 0.656. The van der Waals surface area contributed by atoms with Gasteiger partial charge in [0.1, 0.15) is 6.33 Å². The number of aliphatic hydroxyl groups excluding tert-OH is 1. The van der Waals surface area contributed by atoms with Crippen molar-refractivity contribution in [2.45, 2.75) is 13.0 Å². The van der Waals surface area contributed by atoms with Crippen LogP contribution >= 0.6 is 0 Å². The van der Waals surface area contributed by atoms with Crippen molar-refractivity contribution in [2.24, 2.45) is 0 Å². The van der Waals surface area contributed by atoms with Crippen LogP contribution in [0.3, 0.4) is 0 Å². The van der Waals surface area contributed by atoms with Gasteiger partial charge in [-0.15, -0.1) is 0 Å². The highest BCUT2D eigenvalue weighted by Crippen LogP contribution is 1.99.